The van der Waals surface area contributed by atoms with Crippen LogP contribution in [0.4, 0.5) is 5.69 Å². The first kappa shape index (κ1) is 18.6. The number of anilines is 1. The van der Waals surface area contributed by atoms with Gasteiger partial charge in [0.15, 0.2) is 0 Å². The zero-order chi connectivity index (χ0) is 18.1. The van der Waals surface area contributed by atoms with Gasteiger partial charge in [-0.2, -0.15) is 0 Å². The second-order valence-electron chi connectivity index (χ2n) is 4.62. The first-order valence-electron chi connectivity index (χ1n) is 6.25. The predicted octanol–water partition coefficient (Wildman–Crippen LogP) is 0.375. The van der Waals surface area contributed by atoms with Gasteiger partial charge < -0.3 is 0 Å². The van der Waals surface area contributed by atoms with Gasteiger partial charge in [0.2, 0.25) is 0 Å². The molecule has 2 aromatic carbocycles. The van der Waals surface area contributed by atoms with E-state index in [4.69, 9.17) is 4.55 Å². The molecule has 1 amide bonds. The average Bonchev–Trinajstić information content (AvgIpc) is 2.52. The molecule has 0 aromatic heterocycles. The van der Waals surface area contributed by atoms with Crippen LogP contribution in [0, 0.1) is 0 Å². The van der Waals surface area contributed by atoms with E-state index in [9.17, 15) is 26.2 Å². The van der Waals surface area contributed by atoms with Gasteiger partial charge in [0.25, 0.3) is 0 Å². The van der Waals surface area contributed by atoms with Crippen LogP contribution in [0.15, 0.2) is 58.3 Å². The fraction of sp³-hybridized carbons (Fsp3) is 0. The molecule has 0 aliphatic carbocycles. The Labute approximate surface area is 147 Å². The molecule has 1 atom stereocenters. The monoisotopic (exact) mass is 433 g/mol. The van der Waals surface area contributed by atoms with E-state index < -0.39 is 35.9 Å². The molecule has 1 unspecified atom stereocenters. The molecule has 8 nitrogen and oxygen atoms in total. The number of hydrogen-bond donors (Lipinski definition) is 2. The Morgan fingerprint density at radius 2 is 1.54 bits per heavy atom. The first-order chi connectivity index (χ1) is 11.0. The molecule has 0 fully saturated rings. The van der Waals surface area contributed by atoms with Gasteiger partial charge in [-0.05, 0) is 0 Å². The third kappa shape index (κ3) is 4.03. The average molecular weight is 433 g/mol. The van der Waals surface area contributed by atoms with Crippen LogP contribution in [0.1, 0.15) is 10.4 Å². The summed E-state index contributed by atoms with van der Waals surface area (Å²) < 4.78 is 64.4. The quantitative estimate of drug-likeness (QED) is 0.527. The molecule has 24 heavy (non-hydrogen) atoms. The van der Waals surface area contributed by atoms with Crippen molar-refractivity contribution in [2.45, 2.75) is 9.79 Å². The summed E-state index contributed by atoms with van der Waals surface area (Å²) in [6.07, 6.45) is 0. The van der Waals surface area contributed by atoms with E-state index in [1.807, 2.05) is 0 Å². The zero-order valence-electron chi connectivity index (χ0n) is 11.9. The Kier molecular flexibility index (Phi) is 5.16. The van der Waals surface area contributed by atoms with Gasteiger partial charge in [0.05, 0.1) is 0 Å². The van der Waals surface area contributed by atoms with Crippen LogP contribution in [0.2, 0.25) is 0 Å². The maximum absolute atomic E-state index is 12.5. The first-order valence-corrected chi connectivity index (χ1v) is 10.2. The summed E-state index contributed by atoms with van der Waals surface area (Å²) >= 11 is 0.726. The summed E-state index contributed by atoms with van der Waals surface area (Å²) in [5.41, 5.74) is -0.123. The van der Waals surface area contributed by atoms with Crippen LogP contribution >= 0.6 is 0 Å². The Balaban J connectivity index is 2.49. The van der Waals surface area contributed by atoms with E-state index >= 15 is 0 Å². The van der Waals surface area contributed by atoms with Gasteiger partial charge in [-0.25, -0.2) is 0 Å². The Morgan fingerprint density at radius 3 is 2.12 bits per heavy atom. The van der Waals surface area contributed by atoms with E-state index in [2.05, 4.69) is 0 Å². The van der Waals surface area contributed by atoms with Crippen molar-refractivity contribution in [1.29, 1.82) is 0 Å². The van der Waals surface area contributed by atoms with Crippen molar-refractivity contribution in [3.8, 4) is 0 Å². The normalized spacial score (nSPS) is 12.0. The van der Waals surface area contributed by atoms with Crippen molar-refractivity contribution >= 4 is 48.9 Å². The zero-order valence-corrected chi connectivity index (χ0v) is 16.0. The molecule has 2 aromatic rings. The summed E-state index contributed by atoms with van der Waals surface area (Å²) in [4.78, 5) is 11.6. The molecular formula is C13H12AsNO7S2. The van der Waals surface area contributed by atoms with Crippen LogP contribution in [-0.4, -0.2) is 48.9 Å². The van der Waals surface area contributed by atoms with E-state index in [1.165, 1.54) is 30.3 Å². The number of nitrogens with zero attached hydrogens (tertiary/aromatic N) is 1. The molecular weight excluding hydrogens is 421 g/mol. The molecule has 2 rings (SSSR count). The number of carbonyl (C=O) groups excluding carboxylic acids is 1. The van der Waals surface area contributed by atoms with E-state index in [-0.39, 0.29) is 11.3 Å². The molecule has 11 heteroatoms. The Hall–Kier alpha value is -1.71. The van der Waals surface area contributed by atoms with Crippen LogP contribution in [0.25, 0.3) is 0 Å². The molecule has 0 spiro atoms. The number of hydrogen-bond acceptors (Lipinski definition) is 5. The summed E-state index contributed by atoms with van der Waals surface area (Å²) in [6, 6.07) is 10.0. The topological polar surface area (TPSA) is 129 Å². The Bertz CT molecular complexity index is 1000. The minimum absolute atomic E-state index is 0.0535. The number of amides is 1. The van der Waals surface area contributed by atoms with Crippen LogP contribution in [-0.2, 0) is 20.2 Å². The minimum atomic E-state index is -4.55. The molecule has 0 aliphatic rings. The van der Waals surface area contributed by atoms with Crippen molar-refractivity contribution < 1.29 is 30.7 Å². The molecule has 0 radical (unpaired) electrons. The number of benzene rings is 2. The summed E-state index contributed by atoms with van der Waals surface area (Å²) in [6.45, 7) is 0. The van der Waals surface area contributed by atoms with Gasteiger partial charge in [0.1, 0.15) is 0 Å². The molecule has 0 saturated heterocycles. The second-order valence-corrected chi connectivity index (χ2v) is 8.52. The maximum atomic E-state index is 12.5. The van der Waals surface area contributed by atoms with Gasteiger partial charge in [-0.1, -0.05) is 0 Å². The fourth-order valence-electron chi connectivity index (χ4n) is 1.91. The number of rotatable bonds is 4. The third-order valence-corrected chi connectivity index (χ3v) is 5.83. The van der Waals surface area contributed by atoms with Gasteiger partial charge >= 0.3 is 147 Å². The molecule has 128 valence electrons. The second kappa shape index (κ2) is 6.65. The molecule has 0 aliphatic heterocycles. The molecule has 0 bridgehead atoms. The van der Waals surface area contributed by atoms with Crippen molar-refractivity contribution in [2.75, 3.05) is 3.82 Å². The molecule has 0 heterocycles. The van der Waals surface area contributed by atoms with E-state index in [0.717, 1.165) is 39.1 Å². The number of carbonyl (C=O) groups is 1. The van der Waals surface area contributed by atoms with Crippen molar-refractivity contribution in [3.63, 3.8) is 0 Å². The standard InChI is InChI=1S/C13H12AsNO7S2/c14-15(11-6-1-2-7-12(11)24(20,21)22)13(16)9-4-3-5-10(8-9)23(17,18)19/h1-8H,14H2,(H,17,18,19)(H,20,21,22). The van der Waals surface area contributed by atoms with Gasteiger partial charge in [0, 0.05) is 0 Å². The van der Waals surface area contributed by atoms with Gasteiger partial charge in [-0.3, -0.25) is 0 Å². The summed E-state index contributed by atoms with van der Waals surface area (Å²) in [7, 11) is -9.03. The predicted molar refractivity (Wildman–Crippen MR) is 87.9 cm³/mol. The molecule has 2 N–H and O–H groups in total. The summed E-state index contributed by atoms with van der Waals surface area (Å²) in [5, 5.41) is 0. The molecule has 0 saturated carbocycles. The van der Waals surface area contributed by atoms with Crippen molar-refractivity contribution in [1.82, 2.24) is 0 Å². The number of para-hydroxylation sites is 1. The van der Waals surface area contributed by atoms with Crippen molar-refractivity contribution in [2.24, 2.45) is 0 Å². The van der Waals surface area contributed by atoms with Gasteiger partial charge in [-0.15, -0.1) is 0 Å². The van der Waals surface area contributed by atoms with E-state index in [0.29, 0.717) is 0 Å². The Morgan fingerprint density at radius 1 is 0.917 bits per heavy atom. The van der Waals surface area contributed by atoms with Crippen molar-refractivity contribution in [3.05, 3.63) is 54.1 Å². The fourth-order valence-corrected chi connectivity index (χ4v) is 4.10. The van der Waals surface area contributed by atoms with E-state index in [1.54, 1.807) is 0 Å². The summed E-state index contributed by atoms with van der Waals surface area (Å²) in [5.74, 6) is -0.698. The van der Waals surface area contributed by atoms with Crippen LogP contribution < -0.4 is 3.82 Å². The SMILES string of the molecule is O=C(c1cccc(S(=O)(=O)O)c1)N([AsH2])c1ccccc1S(=O)(=O)O. The van der Waals surface area contributed by atoms with Crippen LogP contribution in [0.3, 0.4) is 0 Å². The van der Waals surface area contributed by atoms with Crippen LogP contribution in [0.5, 0.6) is 0 Å². The third-order valence-electron chi connectivity index (χ3n) is 3.00.